The Morgan fingerprint density at radius 2 is 1.26 bits per heavy atom. The van der Waals surface area contributed by atoms with E-state index in [1.54, 1.807) is 16.8 Å². The maximum atomic E-state index is 2.61. The summed E-state index contributed by atoms with van der Waals surface area (Å²) in [4.78, 5) is 2.61. The first-order valence-corrected chi connectivity index (χ1v) is 8.86. The van der Waals surface area contributed by atoms with Crippen LogP contribution in [0.4, 0.5) is 5.69 Å². The molecule has 0 saturated carbocycles. The minimum atomic E-state index is 1.24. The molecule has 0 radical (unpaired) electrons. The fourth-order valence-electron chi connectivity index (χ4n) is 4.23. The van der Waals surface area contributed by atoms with E-state index in [0.29, 0.717) is 0 Å². The van der Waals surface area contributed by atoms with E-state index in [0.717, 1.165) is 0 Å². The van der Waals surface area contributed by atoms with Crippen molar-refractivity contribution in [3.8, 4) is 0 Å². The molecule has 1 nitrogen and oxygen atoms in total. The maximum Gasteiger partial charge on any atom is 0.0431 e. The van der Waals surface area contributed by atoms with Crippen molar-refractivity contribution in [3.63, 3.8) is 0 Å². The summed E-state index contributed by atoms with van der Waals surface area (Å²) >= 11 is 0. The molecular formula is C22H25N. The van der Waals surface area contributed by atoms with E-state index in [1.165, 1.54) is 61.0 Å². The monoisotopic (exact) mass is 303 g/mol. The van der Waals surface area contributed by atoms with Crippen molar-refractivity contribution in [2.75, 3.05) is 18.0 Å². The van der Waals surface area contributed by atoms with Gasteiger partial charge in [-0.05, 0) is 73.9 Å². The molecule has 2 heterocycles. The molecule has 1 heteroatoms. The average molecular weight is 303 g/mol. The SMILES string of the molecule is Cc1cc(C)cc(/C=C/c2cc3c4c(c2)CCCN4CCC3)c1. The van der Waals surface area contributed by atoms with Crippen LogP contribution in [0.1, 0.15) is 46.2 Å². The van der Waals surface area contributed by atoms with Crippen molar-refractivity contribution in [2.45, 2.75) is 39.5 Å². The van der Waals surface area contributed by atoms with E-state index in [-0.39, 0.29) is 0 Å². The minimum absolute atomic E-state index is 1.24. The normalized spacial score (nSPS) is 16.7. The first-order chi connectivity index (χ1) is 11.2. The van der Waals surface area contributed by atoms with Crippen molar-refractivity contribution in [3.05, 3.63) is 63.7 Å². The molecule has 0 fully saturated rings. The Labute approximate surface area is 139 Å². The Kier molecular flexibility index (Phi) is 3.72. The van der Waals surface area contributed by atoms with Gasteiger partial charge in [-0.2, -0.15) is 0 Å². The zero-order chi connectivity index (χ0) is 15.8. The van der Waals surface area contributed by atoms with Gasteiger partial charge in [0.25, 0.3) is 0 Å². The van der Waals surface area contributed by atoms with Gasteiger partial charge in [-0.3, -0.25) is 0 Å². The van der Waals surface area contributed by atoms with Crippen molar-refractivity contribution < 1.29 is 0 Å². The number of hydrogen-bond acceptors (Lipinski definition) is 1. The predicted octanol–water partition coefficient (Wildman–Crippen LogP) is 5.17. The summed E-state index contributed by atoms with van der Waals surface area (Å²) in [6.45, 7) is 6.83. The van der Waals surface area contributed by atoms with Crippen molar-refractivity contribution in [1.82, 2.24) is 0 Å². The molecule has 23 heavy (non-hydrogen) atoms. The molecule has 0 spiro atoms. The van der Waals surface area contributed by atoms with Gasteiger partial charge < -0.3 is 4.90 Å². The molecule has 0 aliphatic carbocycles. The maximum absolute atomic E-state index is 2.61. The van der Waals surface area contributed by atoms with E-state index >= 15 is 0 Å². The van der Waals surface area contributed by atoms with E-state index in [2.05, 4.69) is 61.2 Å². The molecule has 2 aromatic carbocycles. The smallest absolute Gasteiger partial charge is 0.0431 e. The molecule has 118 valence electrons. The number of benzene rings is 2. The minimum Gasteiger partial charge on any atom is -0.371 e. The first kappa shape index (κ1) is 14.6. The highest BCUT2D eigenvalue weighted by molar-refractivity contribution is 5.74. The fraction of sp³-hybridized carbons (Fsp3) is 0.364. The Balaban J connectivity index is 1.68. The lowest BCUT2D eigenvalue weighted by Gasteiger charge is -2.37. The molecule has 2 aliphatic heterocycles. The zero-order valence-corrected chi connectivity index (χ0v) is 14.2. The second-order valence-electron chi connectivity index (χ2n) is 7.14. The quantitative estimate of drug-likeness (QED) is 0.692. The second kappa shape index (κ2) is 5.88. The third-order valence-corrected chi connectivity index (χ3v) is 5.07. The summed E-state index contributed by atoms with van der Waals surface area (Å²) in [5.41, 5.74) is 10.0. The van der Waals surface area contributed by atoms with Gasteiger partial charge in [0.15, 0.2) is 0 Å². The number of aryl methyl sites for hydroxylation is 4. The van der Waals surface area contributed by atoms with Crippen molar-refractivity contribution in [1.29, 1.82) is 0 Å². The van der Waals surface area contributed by atoms with E-state index in [4.69, 9.17) is 0 Å². The van der Waals surface area contributed by atoms with E-state index in [1.807, 2.05) is 0 Å². The molecule has 0 aromatic heterocycles. The van der Waals surface area contributed by atoms with Crippen LogP contribution < -0.4 is 4.90 Å². The van der Waals surface area contributed by atoms with E-state index in [9.17, 15) is 0 Å². The van der Waals surface area contributed by atoms with Crippen LogP contribution in [0.3, 0.4) is 0 Å². The Hall–Kier alpha value is -2.02. The summed E-state index contributed by atoms with van der Waals surface area (Å²) in [5.74, 6) is 0. The Bertz CT molecular complexity index is 718. The number of rotatable bonds is 2. The van der Waals surface area contributed by atoms with Crippen LogP contribution in [0.5, 0.6) is 0 Å². The van der Waals surface area contributed by atoms with Gasteiger partial charge in [0.2, 0.25) is 0 Å². The lowest BCUT2D eigenvalue weighted by molar-refractivity contribution is 0.634. The highest BCUT2D eigenvalue weighted by Gasteiger charge is 2.23. The zero-order valence-electron chi connectivity index (χ0n) is 14.2. The van der Waals surface area contributed by atoms with Crippen molar-refractivity contribution in [2.24, 2.45) is 0 Å². The largest absolute Gasteiger partial charge is 0.371 e. The summed E-state index contributed by atoms with van der Waals surface area (Å²) in [7, 11) is 0. The summed E-state index contributed by atoms with van der Waals surface area (Å²) in [6, 6.07) is 11.6. The third kappa shape index (κ3) is 2.93. The number of nitrogens with zero attached hydrogens (tertiary/aromatic N) is 1. The van der Waals surface area contributed by atoms with Crippen LogP contribution in [0.25, 0.3) is 12.2 Å². The Morgan fingerprint density at radius 1 is 0.739 bits per heavy atom. The molecule has 0 N–H and O–H groups in total. The van der Waals surface area contributed by atoms with Crippen LogP contribution in [-0.2, 0) is 12.8 Å². The Morgan fingerprint density at radius 3 is 1.83 bits per heavy atom. The number of anilines is 1. The molecule has 2 aromatic rings. The third-order valence-electron chi connectivity index (χ3n) is 5.07. The average Bonchev–Trinajstić information content (AvgIpc) is 2.53. The highest BCUT2D eigenvalue weighted by atomic mass is 15.1. The first-order valence-electron chi connectivity index (χ1n) is 8.86. The predicted molar refractivity (Wildman–Crippen MR) is 100 cm³/mol. The van der Waals surface area contributed by atoms with Crippen LogP contribution in [0.2, 0.25) is 0 Å². The molecule has 0 atom stereocenters. The van der Waals surface area contributed by atoms with Gasteiger partial charge in [-0.25, -0.2) is 0 Å². The van der Waals surface area contributed by atoms with E-state index < -0.39 is 0 Å². The summed E-state index contributed by atoms with van der Waals surface area (Å²) in [5, 5.41) is 0. The van der Waals surface area contributed by atoms with Gasteiger partial charge in [0, 0.05) is 18.8 Å². The van der Waals surface area contributed by atoms with Crippen LogP contribution in [-0.4, -0.2) is 13.1 Å². The highest BCUT2D eigenvalue weighted by Crippen LogP contribution is 2.36. The molecule has 0 unspecified atom stereocenters. The van der Waals surface area contributed by atoms with Gasteiger partial charge in [0.05, 0.1) is 0 Å². The van der Waals surface area contributed by atoms with Gasteiger partial charge in [-0.15, -0.1) is 0 Å². The van der Waals surface area contributed by atoms with Gasteiger partial charge in [0.1, 0.15) is 0 Å². The fourth-order valence-corrected chi connectivity index (χ4v) is 4.23. The molecular weight excluding hydrogens is 278 g/mol. The molecule has 4 rings (SSSR count). The summed E-state index contributed by atoms with van der Waals surface area (Å²) < 4.78 is 0. The molecule has 0 amide bonds. The van der Waals surface area contributed by atoms with Crippen LogP contribution >= 0.6 is 0 Å². The summed E-state index contributed by atoms with van der Waals surface area (Å²) in [6.07, 6.45) is 9.64. The molecule has 0 bridgehead atoms. The molecule has 2 aliphatic rings. The molecule has 0 saturated heterocycles. The van der Waals surface area contributed by atoms with Gasteiger partial charge >= 0.3 is 0 Å². The standard InChI is InChI=1S/C22H25N/c1-16-11-17(2)13-18(12-16)7-8-19-14-20-5-3-9-23-10-4-6-21(15-19)22(20)23/h7-8,11-15H,3-6,9-10H2,1-2H3/b8-7+. The topological polar surface area (TPSA) is 3.24 Å². The number of hydrogen-bond donors (Lipinski definition) is 0. The lowest BCUT2D eigenvalue weighted by Crippen LogP contribution is -2.34. The van der Waals surface area contributed by atoms with Crippen LogP contribution in [0, 0.1) is 13.8 Å². The second-order valence-corrected chi connectivity index (χ2v) is 7.14. The van der Waals surface area contributed by atoms with Gasteiger partial charge in [-0.1, -0.05) is 41.5 Å². The lowest BCUT2D eigenvalue weighted by atomic mass is 9.90. The van der Waals surface area contributed by atoms with Crippen molar-refractivity contribution >= 4 is 17.8 Å². The van der Waals surface area contributed by atoms with Crippen LogP contribution in [0.15, 0.2) is 30.3 Å².